The molecule has 3 rings (SSSR count). The zero-order valence-corrected chi connectivity index (χ0v) is 13.4. The molecule has 0 spiro atoms. The molecule has 1 saturated carbocycles. The monoisotopic (exact) mass is 331 g/mol. The number of ether oxygens (including phenoxy) is 1. The van der Waals surface area contributed by atoms with E-state index in [0.29, 0.717) is 30.5 Å². The molecule has 1 heterocycles. The lowest BCUT2D eigenvalue weighted by atomic mass is 9.98. The summed E-state index contributed by atoms with van der Waals surface area (Å²) in [5.74, 6) is 0.449. The molecule has 0 radical (unpaired) electrons. The number of nitrogens with zero attached hydrogens (tertiary/aromatic N) is 1. The number of benzene rings is 1. The van der Waals surface area contributed by atoms with Crippen LogP contribution < -0.4 is 15.8 Å². The minimum Gasteiger partial charge on any atom is -0.490 e. The van der Waals surface area contributed by atoms with Crippen LogP contribution in [0.15, 0.2) is 33.6 Å². The Bertz CT molecular complexity index is 714. The lowest BCUT2D eigenvalue weighted by Gasteiger charge is -2.23. The zero-order valence-electron chi connectivity index (χ0n) is 13.4. The van der Waals surface area contributed by atoms with Gasteiger partial charge in [-0.05, 0) is 49.9 Å². The van der Waals surface area contributed by atoms with Crippen LogP contribution in [-0.4, -0.2) is 28.7 Å². The van der Waals surface area contributed by atoms with Crippen LogP contribution in [0.25, 0.3) is 0 Å². The number of carbonyl (C=O) groups excluding carboxylic acids is 1. The molecule has 1 amide bonds. The summed E-state index contributed by atoms with van der Waals surface area (Å²) in [5, 5.41) is 6.32. The summed E-state index contributed by atoms with van der Waals surface area (Å²) >= 11 is 0. The minimum atomic E-state index is -0.593. The topological polar surface area (TPSA) is 97.2 Å². The Morgan fingerprint density at radius 2 is 2.00 bits per heavy atom. The van der Waals surface area contributed by atoms with Crippen molar-refractivity contribution in [3.8, 4) is 5.75 Å². The summed E-state index contributed by atoms with van der Waals surface area (Å²) in [6, 6.07) is 7.17. The van der Waals surface area contributed by atoms with Crippen LogP contribution in [0.3, 0.4) is 0 Å². The largest absolute Gasteiger partial charge is 0.490 e. The molecule has 0 unspecified atom stereocenters. The number of nitrogens with one attached hydrogen (secondary N) is 2. The van der Waals surface area contributed by atoms with E-state index < -0.39 is 5.76 Å². The number of aromatic nitrogens is 2. The van der Waals surface area contributed by atoms with Gasteiger partial charge in [0.1, 0.15) is 5.75 Å². The fourth-order valence-electron chi connectivity index (χ4n) is 2.82. The quantitative estimate of drug-likeness (QED) is 0.844. The van der Waals surface area contributed by atoms with Crippen LogP contribution in [0.4, 0.5) is 0 Å². The summed E-state index contributed by atoms with van der Waals surface area (Å²) < 4.78 is 10.3. The van der Waals surface area contributed by atoms with E-state index in [1.807, 2.05) is 12.1 Å². The maximum absolute atomic E-state index is 12.1. The van der Waals surface area contributed by atoms with Crippen molar-refractivity contribution >= 4 is 5.91 Å². The van der Waals surface area contributed by atoms with E-state index in [-0.39, 0.29) is 5.91 Å². The van der Waals surface area contributed by atoms with E-state index in [4.69, 9.17) is 4.74 Å². The Labute approximate surface area is 139 Å². The third-order valence-electron chi connectivity index (χ3n) is 4.10. The van der Waals surface area contributed by atoms with E-state index in [1.54, 1.807) is 12.1 Å². The first-order chi connectivity index (χ1) is 11.7. The Morgan fingerprint density at radius 1 is 1.25 bits per heavy atom. The van der Waals surface area contributed by atoms with Crippen LogP contribution in [0.2, 0.25) is 0 Å². The molecule has 0 bridgehead atoms. The van der Waals surface area contributed by atoms with E-state index >= 15 is 0 Å². The molecule has 24 heavy (non-hydrogen) atoms. The summed E-state index contributed by atoms with van der Waals surface area (Å²) in [7, 11) is 0. The molecule has 7 nitrogen and oxygen atoms in total. The van der Waals surface area contributed by atoms with Crippen molar-refractivity contribution in [3.63, 3.8) is 0 Å². The minimum absolute atomic E-state index is 0.176. The number of rotatable bonds is 6. The average molecular weight is 331 g/mol. The molecule has 1 fully saturated rings. The Balaban J connectivity index is 1.47. The Hall–Kier alpha value is -2.57. The average Bonchev–Trinajstić information content (AvgIpc) is 3.02. The predicted molar refractivity (Wildman–Crippen MR) is 87.1 cm³/mol. The van der Waals surface area contributed by atoms with E-state index in [0.717, 1.165) is 18.6 Å². The number of H-pyrrole nitrogens is 1. The number of aromatic amines is 1. The second-order valence-corrected chi connectivity index (χ2v) is 5.95. The molecule has 1 aliphatic rings. The summed E-state index contributed by atoms with van der Waals surface area (Å²) in [4.78, 5) is 25.3. The van der Waals surface area contributed by atoms with Crippen molar-refractivity contribution < 1.29 is 14.1 Å². The van der Waals surface area contributed by atoms with Crippen LogP contribution in [0.5, 0.6) is 5.75 Å². The Kier molecular flexibility index (Phi) is 5.30. The lowest BCUT2D eigenvalue weighted by Crippen LogP contribution is -2.26. The third kappa shape index (κ3) is 4.47. The first-order valence-corrected chi connectivity index (χ1v) is 8.30. The van der Waals surface area contributed by atoms with Gasteiger partial charge in [0.05, 0.1) is 6.10 Å². The van der Waals surface area contributed by atoms with Crippen molar-refractivity contribution in [2.24, 2.45) is 0 Å². The number of amides is 1. The van der Waals surface area contributed by atoms with Gasteiger partial charge in [0.15, 0.2) is 5.82 Å². The molecule has 0 aliphatic heterocycles. The van der Waals surface area contributed by atoms with Crippen molar-refractivity contribution in [1.82, 2.24) is 15.5 Å². The second-order valence-electron chi connectivity index (χ2n) is 5.95. The van der Waals surface area contributed by atoms with Gasteiger partial charge in [-0.1, -0.05) is 11.6 Å². The normalized spacial score (nSPS) is 15.2. The van der Waals surface area contributed by atoms with E-state index in [9.17, 15) is 9.59 Å². The maximum atomic E-state index is 12.1. The molecule has 128 valence electrons. The zero-order chi connectivity index (χ0) is 16.8. The number of hydrogen-bond acceptors (Lipinski definition) is 5. The second kappa shape index (κ2) is 7.81. The van der Waals surface area contributed by atoms with Crippen LogP contribution in [0, 0.1) is 0 Å². The highest BCUT2D eigenvalue weighted by atomic mass is 16.5. The fraction of sp³-hybridized carbons (Fsp3) is 0.471. The molecule has 1 aromatic heterocycles. The van der Waals surface area contributed by atoms with Gasteiger partial charge < -0.3 is 10.1 Å². The first kappa shape index (κ1) is 16.3. The summed E-state index contributed by atoms with van der Waals surface area (Å²) in [5.41, 5.74) is 0.569. The van der Waals surface area contributed by atoms with Crippen LogP contribution in [0.1, 0.15) is 48.3 Å². The van der Waals surface area contributed by atoms with Crippen molar-refractivity contribution in [2.45, 2.75) is 44.6 Å². The highest BCUT2D eigenvalue weighted by Gasteiger charge is 2.15. The van der Waals surface area contributed by atoms with Gasteiger partial charge in [-0.3, -0.25) is 14.3 Å². The molecule has 7 heteroatoms. The van der Waals surface area contributed by atoms with Gasteiger partial charge >= 0.3 is 5.76 Å². The van der Waals surface area contributed by atoms with Gasteiger partial charge in [0.25, 0.3) is 5.91 Å². The standard InChI is InChI=1S/C17H21N3O4/c21-16(18-11-10-15-19-17(22)24-20-15)12-6-8-14(9-7-12)23-13-4-2-1-3-5-13/h6-9,13H,1-5,10-11H2,(H,18,21)(H,19,20,22). The first-order valence-electron chi connectivity index (χ1n) is 8.30. The molecule has 0 atom stereocenters. The van der Waals surface area contributed by atoms with Crippen molar-refractivity contribution in [1.29, 1.82) is 0 Å². The van der Waals surface area contributed by atoms with Gasteiger partial charge in [0, 0.05) is 18.5 Å². The van der Waals surface area contributed by atoms with Gasteiger partial charge in [-0.25, -0.2) is 4.79 Å². The third-order valence-corrected chi connectivity index (χ3v) is 4.10. The van der Waals surface area contributed by atoms with Crippen LogP contribution in [-0.2, 0) is 6.42 Å². The highest BCUT2D eigenvalue weighted by molar-refractivity contribution is 5.94. The molecular formula is C17H21N3O4. The molecule has 0 saturated heterocycles. The molecule has 2 N–H and O–H groups in total. The SMILES string of the molecule is O=C(NCCc1noc(=O)[nH]1)c1ccc(OC2CCCCC2)cc1. The van der Waals surface area contributed by atoms with Crippen molar-refractivity contribution in [3.05, 3.63) is 46.2 Å². The fourth-order valence-corrected chi connectivity index (χ4v) is 2.82. The molecule has 1 aromatic carbocycles. The highest BCUT2D eigenvalue weighted by Crippen LogP contribution is 2.23. The van der Waals surface area contributed by atoms with E-state index in [2.05, 4.69) is 20.0 Å². The smallest absolute Gasteiger partial charge is 0.438 e. The molecular weight excluding hydrogens is 310 g/mol. The number of carbonyl (C=O) groups is 1. The number of hydrogen-bond donors (Lipinski definition) is 2. The molecule has 2 aromatic rings. The van der Waals surface area contributed by atoms with Gasteiger partial charge in [0.2, 0.25) is 0 Å². The van der Waals surface area contributed by atoms with Crippen molar-refractivity contribution in [2.75, 3.05) is 6.54 Å². The van der Waals surface area contributed by atoms with E-state index in [1.165, 1.54) is 19.3 Å². The van der Waals surface area contributed by atoms with Gasteiger partial charge in [-0.15, -0.1) is 0 Å². The Morgan fingerprint density at radius 3 is 2.67 bits per heavy atom. The maximum Gasteiger partial charge on any atom is 0.438 e. The predicted octanol–water partition coefficient (Wildman–Crippen LogP) is 2.05. The summed E-state index contributed by atoms with van der Waals surface area (Å²) in [6.45, 7) is 0.363. The molecule has 1 aliphatic carbocycles. The lowest BCUT2D eigenvalue weighted by molar-refractivity contribution is 0.0954. The van der Waals surface area contributed by atoms with Crippen LogP contribution >= 0.6 is 0 Å². The summed E-state index contributed by atoms with van der Waals surface area (Å²) in [6.07, 6.45) is 6.65. The van der Waals surface area contributed by atoms with Gasteiger partial charge in [-0.2, -0.15) is 0 Å².